The molecular weight excluding hydrogens is 440 g/mol. The predicted octanol–water partition coefficient (Wildman–Crippen LogP) is 7.70. The molecule has 6 rings (SSSR count). The highest BCUT2D eigenvalue weighted by atomic mass is 15.1. The molecule has 0 bridgehead atoms. The van der Waals surface area contributed by atoms with Gasteiger partial charge in [-0.15, -0.1) is 0 Å². The Morgan fingerprint density at radius 2 is 0.917 bits per heavy atom. The van der Waals surface area contributed by atoms with E-state index in [0.717, 1.165) is 55.9 Å². The smallest absolute Gasteiger partial charge is 0.0964 e. The molecule has 36 heavy (non-hydrogen) atoms. The molecule has 0 saturated carbocycles. The molecule has 0 saturated heterocycles. The zero-order valence-corrected chi connectivity index (χ0v) is 20.9. The maximum absolute atomic E-state index is 6.96. The summed E-state index contributed by atoms with van der Waals surface area (Å²) in [4.78, 5) is 0. The maximum Gasteiger partial charge on any atom is 0.0964 e. The van der Waals surface area contributed by atoms with E-state index in [2.05, 4.69) is 103 Å². The van der Waals surface area contributed by atoms with Crippen molar-refractivity contribution in [2.24, 2.45) is 0 Å². The summed E-state index contributed by atoms with van der Waals surface area (Å²) in [6.07, 6.45) is 0. The van der Waals surface area contributed by atoms with Crippen LogP contribution in [0.2, 0.25) is 0 Å². The lowest BCUT2D eigenvalue weighted by Crippen LogP contribution is -2.11. The second kappa shape index (κ2) is 8.06. The van der Waals surface area contributed by atoms with E-state index in [4.69, 9.17) is 11.5 Å². The SMILES string of the molecule is CC(C)(C)c1ccc(-n2c(-c3c(N)c4ccccc4n3-c3ccccc3)c(N)c3ccccc32)cc1. The van der Waals surface area contributed by atoms with Crippen LogP contribution in [0.15, 0.2) is 103 Å². The zero-order valence-electron chi connectivity index (χ0n) is 20.9. The lowest BCUT2D eigenvalue weighted by molar-refractivity contribution is 0.590. The van der Waals surface area contributed by atoms with Crippen LogP contribution in [-0.4, -0.2) is 9.13 Å². The number of hydrogen-bond acceptors (Lipinski definition) is 2. The minimum atomic E-state index is 0.0727. The van der Waals surface area contributed by atoms with Crippen molar-refractivity contribution in [3.63, 3.8) is 0 Å². The molecule has 0 unspecified atom stereocenters. The molecule has 6 aromatic rings. The Balaban J connectivity index is 1.74. The molecule has 4 nitrogen and oxygen atoms in total. The molecule has 178 valence electrons. The molecule has 0 aliphatic carbocycles. The van der Waals surface area contributed by atoms with Gasteiger partial charge in [0.2, 0.25) is 0 Å². The number of benzene rings is 4. The van der Waals surface area contributed by atoms with E-state index >= 15 is 0 Å². The molecule has 4 heteroatoms. The molecule has 0 aliphatic rings. The number of anilines is 2. The van der Waals surface area contributed by atoms with Crippen molar-refractivity contribution < 1.29 is 0 Å². The average molecular weight is 471 g/mol. The summed E-state index contributed by atoms with van der Waals surface area (Å²) in [6.45, 7) is 6.69. The van der Waals surface area contributed by atoms with Crippen LogP contribution in [-0.2, 0) is 5.41 Å². The summed E-state index contributed by atoms with van der Waals surface area (Å²) < 4.78 is 4.48. The average Bonchev–Trinajstić information content (AvgIpc) is 3.35. The van der Waals surface area contributed by atoms with Gasteiger partial charge in [-0.25, -0.2) is 0 Å². The van der Waals surface area contributed by atoms with Crippen molar-refractivity contribution in [2.45, 2.75) is 26.2 Å². The molecule has 4 aromatic carbocycles. The molecule has 2 aromatic heterocycles. The molecule has 0 amide bonds. The van der Waals surface area contributed by atoms with Gasteiger partial charge in [-0.1, -0.05) is 87.5 Å². The number of para-hydroxylation sites is 3. The summed E-state index contributed by atoms with van der Waals surface area (Å²) in [5, 5.41) is 2.02. The van der Waals surface area contributed by atoms with Gasteiger partial charge in [-0.3, -0.25) is 0 Å². The van der Waals surface area contributed by atoms with Gasteiger partial charge in [0.05, 0.1) is 33.8 Å². The van der Waals surface area contributed by atoms with Crippen molar-refractivity contribution in [3.05, 3.63) is 109 Å². The molecular formula is C32H30N4. The van der Waals surface area contributed by atoms with Crippen LogP contribution >= 0.6 is 0 Å². The number of nitrogens with zero attached hydrogens (tertiary/aromatic N) is 2. The number of nitrogens with two attached hydrogens (primary N) is 2. The molecule has 2 heterocycles. The van der Waals surface area contributed by atoms with Gasteiger partial charge < -0.3 is 20.6 Å². The van der Waals surface area contributed by atoms with Crippen LogP contribution in [0.5, 0.6) is 0 Å². The van der Waals surface area contributed by atoms with Gasteiger partial charge in [0.15, 0.2) is 0 Å². The second-order valence-corrected chi connectivity index (χ2v) is 10.4. The summed E-state index contributed by atoms with van der Waals surface area (Å²) in [5.74, 6) is 0. The predicted molar refractivity (Wildman–Crippen MR) is 153 cm³/mol. The zero-order chi connectivity index (χ0) is 25.0. The number of aromatic nitrogens is 2. The fourth-order valence-corrected chi connectivity index (χ4v) is 5.22. The fraction of sp³-hybridized carbons (Fsp3) is 0.125. The lowest BCUT2D eigenvalue weighted by atomic mass is 9.87. The Morgan fingerprint density at radius 3 is 1.39 bits per heavy atom. The van der Waals surface area contributed by atoms with E-state index in [-0.39, 0.29) is 5.41 Å². The van der Waals surface area contributed by atoms with Gasteiger partial charge in [0.1, 0.15) is 0 Å². The van der Waals surface area contributed by atoms with Gasteiger partial charge in [0.25, 0.3) is 0 Å². The first kappa shape index (κ1) is 22.1. The van der Waals surface area contributed by atoms with Gasteiger partial charge in [-0.05, 0) is 47.4 Å². The quantitative estimate of drug-likeness (QED) is 0.278. The lowest BCUT2D eigenvalue weighted by Gasteiger charge is -2.20. The number of rotatable bonds is 3. The summed E-state index contributed by atoms with van der Waals surface area (Å²) in [6, 6.07) is 35.7. The van der Waals surface area contributed by atoms with Crippen LogP contribution in [0.25, 0.3) is 44.6 Å². The Bertz CT molecular complexity index is 1710. The summed E-state index contributed by atoms with van der Waals surface area (Å²) in [5.41, 5.74) is 22.7. The van der Waals surface area contributed by atoms with Crippen molar-refractivity contribution in [1.82, 2.24) is 9.13 Å². The Labute approximate surface area is 211 Å². The van der Waals surface area contributed by atoms with Gasteiger partial charge in [-0.2, -0.15) is 0 Å². The third-order valence-corrected chi connectivity index (χ3v) is 7.06. The molecule has 0 fully saturated rings. The first-order valence-electron chi connectivity index (χ1n) is 12.3. The van der Waals surface area contributed by atoms with E-state index in [1.165, 1.54) is 5.56 Å². The van der Waals surface area contributed by atoms with Crippen LogP contribution in [0.3, 0.4) is 0 Å². The van der Waals surface area contributed by atoms with Gasteiger partial charge >= 0.3 is 0 Å². The summed E-state index contributed by atoms with van der Waals surface area (Å²) in [7, 11) is 0. The molecule has 0 aliphatic heterocycles. The van der Waals surface area contributed by atoms with Crippen LogP contribution in [0.4, 0.5) is 11.4 Å². The van der Waals surface area contributed by atoms with E-state index in [1.54, 1.807) is 0 Å². The normalized spacial score (nSPS) is 12.0. The Kier molecular flexibility index (Phi) is 4.94. The van der Waals surface area contributed by atoms with Gasteiger partial charge in [0, 0.05) is 22.1 Å². The van der Waals surface area contributed by atoms with Crippen molar-refractivity contribution in [1.29, 1.82) is 0 Å². The van der Waals surface area contributed by atoms with Crippen LogP contribution < -0.4 is 11.5 Å². The highest BCUT2D eigenvalue weighted by Gasteiger charge is 2.26. The van der Waals surface area contributed by atoms with E-state index in [9.17, 15) is 0 Å². The first-order valence-corrected chi connectivity index (χ1v) is 12.3. The van der Waals surface area contributed by atoms with Crippen molar-refractivity contribution >= 4 is 33.2 Å². The standard InChI is InChI=1S/C32H30N4/c1-32(2,3)21-17-19-23(20-18-21)36-27-16-10-8-14-25(27)29(34)31(36)30-28(33)24-13-7-9-15-26(24)35(30)22-11-5-4-6-12-22/h4-20H,33-34H2,1-3H3. The number of fused-ring (bicyclic) bond motifs is 2. The van der Waals surface area contributed by atoms with E-state index in [1.807, 2.05) is 30.3 Å². The highest BCUT2D eigenvalue weighted by Crippen LogP contribution is 2.45. The Morgan fingerprint density at radius 1 is 0.500 bits per heavy atom. The molecule has 0 radical (unpaired) electrons. The number of nitrogen functional groups attached to an aromatic ring is 2. The van der Waals surface area contributed by atoms with Crippen molar-refractivity contribution in [2.75, 3.05) is 11.5 Å². The Hall–Kier alpha value is -4.44. The third kappa shape index (κ3) is 3.29. The number of hydrogen-bond donors (Lipinski definition) is 2. The summed E-state index contributed by atoms with van der Waals surface area (Å²) >= 11 is 0. The fourth-order valence-electron chi connectivity index (χ4n) is 5.22. The monoisotopic (exact) mass is 470 g/mol. The second-order valence-electron chi connectivity index (χ2n) is 10.4. The molecule has 0 spiro atoms. The molecule has 0 atom stereocenters. The third-order valence-electron chi connectivity index (χ3n) is 7.06. The van der Waals surface area contributed by atoms with E-state index < -0.39 is 0 Å². The maximum atomic E-state index is 6.96. The highest BCUT2D eigenvalue weighted by molar-refractivity contribution is 6.09. The van der Waals surface area contributed by atoms with Crippen molar-refractivity contribution in [3.8, 4) is 22.8 Å². The largest absolute Gasteiger partial charge is 0.396 e. The van der Waals surface area contributed by atoms with Crippen LogP contribution in [0.1, 0.15) is 26.3 Å². The minimum absolute atomic E-state index is 0.0727. The topological polar surface area (TPSA) is 61.9 Å². The first-order chi connectivity index (χ1) is 17.4. The van der Waals surface area contributed by atoms with E-state index in [0.29, 0.717) is 0 Å². The van der Waals surface area contributed by atoms with Crippen LogP contribution in [0, 0.1) is 0 Å². The molecule has 4 N–H and O–H groups in total. The minimum Gasteiger partial charge on any atom is -0.396 e.